The highest BCUT2D eigenvalue weighted by Crippen LogP contribution is 2.32. The van der Waals surface area contributed by atoms with Crippen molar-refractivity contribution in [3.05, 3.63) is 63.4 Å². The molecule has 1 fully saturated rings. The van der Waals surface area contributed by atoms with Crippen molar-refractivity contribution >= 4 is 29.5 Å². The van der Waals surface area contributed by atoms with E-state index >= 15 is 0 Å². The fourth-order valence-corrected chi connectivity index (χ4v) is 2.22. The van der Waals surface area contributed by atoms with E-state index in [1.807, 2.05) is 0 Å². The van der Waals surface area contributed by atoms with Gasteiger partial charge in [0.1, 0.15) is 16.3 Å². The summed E-state index contributed by atoms with van der Waals surface area (Å²) in [6, 6.07) is 6.06. The van der Waals surface area contributed by atoms with E-state index in [2.05, 4.69) is 5.43 Å². The summed E-state index contributed by atoms with van der Waals surface area (Å²) >= 11 is 0. The van der Waals surface area contributed by atoms with Crippen molar-refractivity contribution in [3.8, 4) is 0 Å². The standard InChI is InChI=1S/C15H8F3N3O5/c16-15(17,18)8-2-1-3-9(6-8)20-14(23)11(13(22)19-20)7-10-4-5-12(26-10)21(24)25/h1-7H,(H,19,22). The zero-order chi connectivity index (χ0) is 19.1. The number of hydrazine groups is 1. The smallest absolute Gasteiger partial charge is 0.401 e. The summed E-state index contributed by atoms with van der Waals surface area (Å²) in [6.45, 7) is 0. The molecule has 2 heterocycles. The summed E-state index contributed by atoms with van der Waals surface area (Å²) in [5.41, 5.74) is 0.516. The van der Waals surface area contributed by atoms with Gasteiger partial charge in [-0.2, -0.15) is 13.2 Å². The number of halogens is 3. The zero-order valence-electron chi connectivity index (χ0n) is 12.6. The highest BCUT2D eigenvalue weighted by molar-refractivity contribution is 6.31. The first kappa shape index (κ1) is 17.2. The van der Waals surface area contributed by atoms with Crippen LogP contribution >= 0.6 is 0 Å². The molecule has 1 saturated heterocycles. The predicted molar refractivity (Wildman–Crippen MR) is 80.4 cm³/mol. The van der Waals surface area contributed by atoms with Crippen LogP contribution < -0.4 is 10.4 Å². The van der Waals surface area contributed by atoms with Gasteiger partial charge in [0.25, 0.3) is 11.8 Å². The molecule has 8 nitrogen and oxygen atoms in total. The normalized spacial score (nSPS) is 16.3. The number of furan rings is 1. The van der Waals surface area contributed by atoms with Gasteiger partial charge in [0.2, 0.25) is 0 Å². The lowest BCUT2D eigenvalue weighted by atomic mass is 10.1. The minimum absolute atomic E-state index is 0.124. The van der Waals surface area contributed by atoms with Crippen molar-refractivity contribution in [2.45, 2.75) is 6.18 Å². The van der Waals surface area contributed by atoms with Crippen molar-refractivity contribution in [3.63, 3.8) is 0 Å². The van der Waals surface area contributed by atoms with Crippen LogP contribution in [0.5, 0.6) is 0 Å². The summed E-state index contributed by atoms with van der Waals surface area (Å²) in [4.78, 5) is 34.1. The summed E-state index contributed by atoms with van der Waals surface area (Å²) < 4.78 is 43.2. The molecule has 1 aromatic carbocycles. The summed E-state index contributed by atoms with van der Waals surface area (Å²) in [6.07, 6.45) is -3.65. The number of nitrogens with zero attached hydrogens (tertiary/aromatic N) is 2. The molecule has 134 valence electrons. The minimum Gasteiger partial charge on any atom is -0.401 e. The van der Waals surface area contributed by atoms with Gasteiger partial charge >= 0.3 is 12.1 Å². The van der Waals surface area contributed by atoms with Crippen molar-refractivity contribution in [2.75, 3.05) is 5.01 Å². The first-order chi connectivity index (χ1) is 12.2. The number of benzene rings is 1. The number of carbonyl (C=O) groups excluding carboxylic acids is 2. The summed E-state index contributed by atoms with van der Waals surface area (Å²) in [5, 5.41) is 11.2. The van der Waals surface area contributed by atoms with Crippen LogP contribution in [0.25, 0.3) is 6.08 Å². The van der Waals surface area contributed by atoms with E-state index in [9.17, 15) is 32.9 Å². The second kappa shape index (κ2) is 6.02. The monoisotopic (exact) mass is 367 g/mol. The topological polar surface area (TPSA) is 106 Å². The first-order valence-electron chi connectivity index (χ1n) is 6.95. The third-order valence-electron chi connectivity index (χ3n) is 3.40. The van der Waals surface area contributed by atoms with Crippen LogP contribution in [0.2, 0.25) is 0 Å². The lowest BCUT2D eigenvalue weighted by Gasteiger charge is -2.16. The Labute approximate surface area is 142 Å². The molecule has 0 atom stereocenters. The Morgan fingerprint density at radius 3 is 2.54 bits per heavy atom. The van der Waals surface area contributed by atoms with E-state index < -0.39 is 39.9 Å². The van der Waals surface area contributed by atoms with E-state index in [1.54, 1.807) is 0 Å². The molecule has 3 rings (SSSR count). The van der Waals surface area contributed by atoms with Crippen molar-refractivity contribution in [2.24, 2.45) is 0 Å². The predicted octanol–water partition coefficient (Wildman–Crippen LogP) is 2.67. The van der Waals surface area contributed by atoms with E-state index in [4.69, 9.17) is 4.42 Å². The number of hydrogen-bond donors (Lipinski definition) is 1. The number of nitrogens with one attached hydrogen (secondary N) is 1. The number of nitro groups is 1. The number of alkyl halides is 3. The van der Waals surface area contributed by atoms with E-state index in [1.165, 1.54) is 12.1 Å². The van der Waals surface area contributed by atoms with Gasteiger partial charge in [0.15, 0.2) is 0 Å². The van der Waals surface area contributed by atoms with Gasteiger partial charge < -0.3 is 4.42 Å². The molecular formula is C15H8F3N3O5. The minimum atomic E-state index is -4.62. The number of hydrogen-bond acceptors (Lipinski definition) is 5. The highest BCUT2D eigenvalue weighted by atomic mass is 19.4. The van der Waals surface area contributed by atoms with E-state index in [-0.39, 0.29) is 11.4 Å². The van der Waals surface area contributed by atoms with Crippen LogP contribution in [0, 0.1) is 10.1 Å². The van der Waals surface area contributed by atoms with Crippen LogP contribution in [-0.4, -0.2) is 16.7 Å². The van der Waals surface area contributed by atoms with Gasteiger partial charge in [-0.15, -0.1) is 0 Å². The van der Waals surface area contributed by atoms with Gasteiger partial charge in [-0.25, -0.2) is 5.01 Å². The van der Waals surface area contributed by atoms with Crippen LogP contribution in [0.4, 0.5) is 24.7 Å². The Morgan fingerprint density at radius 2 is 1.92 bits per heavy atom. The largest absolute Gasteiger partial charge is 0.433 e. The molecule has 0 bridgehead atoms. The summed E-state index contributed by atoms with van der Waals surface area (Å²) in [7, 11) is 0. The van der Waals surface area contributed by atoms with E-state index in [0.29, 0.717) is 11.1 Å². The molecule has 2 amide bonds. The first-order valence-corrected chi connectivity index (χ1v) is 6.95. The molecule has 0 radical (unpaired) electrons. The van der Waals surface area contributed by atoms with Gasteiger partial charge in [-0.05, 0) is 30.3 Å². The highest BCUT2D eigenvalue weighted by Gasteiger charge is 2.37. The molecule has 1 N–H and O–H groups in total. The lowest BCUT2D eigenvalue weighted by Crippen LogP contribution is -2.35. The maximum absolute atomic E-state index is 12.8. The molecule has 0 saturated carbocycles. The fourth-order valence-electron chi connectivity index (χ4n) is 2.22. The van der Waals surface area contributed by atoms with Crippen LogP contribution in [-0.2, 0) is 15.8 Å². The maximum atomic E-state index is 12.8. The average molecular weight is 367 g/mol. The maximum Gasteiger partial charge on any atom is 0.433 e. The number of anilines is 1. The average Bonchev–Trinajstić information content (AvgIpc) is 3.15. The molecule has 0 aliphatic carbocycles. The van der Waals surface area contributed by atoms with Crippen molar-refractivity contribution in [1.29, 1.82) is 0 Å². The van der Waals surface area contributed by atoms with Gasteiger partial charge in [0, 0.05) is 0 Å². The quantitative estimate of drug-likeness (QED) is 0.389. The van der Waals surface area contributed by atoms with Crippen LogP contribution in [0.1, 0.15) is 11.3 Å². The molecule has 11 heteroatoms. The zero-order valence-corrected chi connectivity index (χ0v) is 12.6. The Kier molecular flexibility index (Phi) is 3.98. The molecule has 26 heavy (non-hydrogen) atoms. The Morgan fingerprint density at radius 1 is 1.19 bits per heavy atom. The molecule has 1 aromatic heterocycles. The van der Waals surface area contributed by atoms with Crippen molar-refractivity contribution in [1.82, 2.24) is 5.43 Å². The third-order valence-corrected chi connectivity index (χ3v) is 3.40. The van der Waals surface area contributed by atoms with E-state index in [0.717, 1.165) is 24.3 Å². The third kappa shape index (κ3) is 3.14. The van der Waals surface area contributed by atoms with Crippen molar-refractivity contribution < 1.29 is 32.1 Å². The van der Waals surface area contributed by atoms with Crippen LogP contribution in [0.15, 0.2) is 46.4 Å². The molecule has 1 aliphatic rings. The Hall–Kier alpha value is -3.63. The van der Waals surface area contributed by atoms with Crippen LogP contribution in [0.3, 0.4) is 0 Å². The summed E-state index contributed by atoms with van der Waals surface area (Å²) in [5.74, 6) is -2.52. The number of amides is 2. The number of carbonyl (C=O) groups is 2. The second-order valence-electron chi connectivity index (χ2n) is 5.12. The molecule has 2 aromatic rings. The molecule has 0 spiro atoms. The fraction of sp³-hybridized carbons (Fsp3) is 0.0667. The second-order valence-corrected chi connectivity index (χ2v) is 5.12. The molecule has 1 aliphatic heterocycles. The number of rotatable bonds is 3. The molecular weight excluding hydrogens is 359 g/mol. The van der Waals surface area contributed by atoms with Gasteiger partial charge in [-0.1, -0.05) is 6.07 Å². The molecule has 0 unspecified atom stereocenters. The Bertz CT molecular complexity index is 948. The lowest BCUT2D eigenvalue weighted by molar-refractivity contribution is -0.402. The van der Waals surface area contributed by atoms with Gasteiger partial charge in [0.05, 0.1) is 17.3 Å². The SMILES string of the molecule is O=C1NN(c2cccc(C(F)(F)F)c2)C(=O)C1=Cc1ccc([N+](=O)[O-])o1. The Balaban J connectivity index is 1.92. The van der Waals surface area contributed by atoms with Gasteiger partial charge in [-0.3, -0.25) is 25.1 Å².